The third kappa shape index (κ3) is 18.6. The Labute approximate surface area is 298 Å². The first-order valence-electron chi connectivity index (χ1n) is 15.2. The van der Waals surface area contributed by atoms with E-state index in [-0.39, 0.29) is 37.5 Å². The van der Waals surface area contributed by atoms with Gasteiger partial charge in [-0.1, -0.05) is 36.5 Å². The molecule has 2 aromatic rings. The van der Waals surface area contributed by atoms with Crippen molar-refractivity contribution < 1.29 is 48.2 Å². The molecular formula is C32H46N6O10S2. The number of ether oxygens (including phenoxy) is 1. The lowest BCUT2D eigenvalue weighted by atomic mass is 10.0. The van der Waals surface area contributed by atoms with Gasteiger partial charge in [-0.15, -0.1) is 13.2 Å². The van der Waals surface area contributed by atoms with Crippen LogP contribution in [0.25, 0.3) is 0 Å². The van der Waals surface area contributed by atoms with Crippen LogP contribution in [0.1, 0.15) is 80.7 Å². The SMILES string of the molecule is C=C.C[C@H](CC(=O)CNc1ncc(C=O)s1)C(=O)N[C@@H](C)C(=O)O.C[C@H](CC(=O)CNc1ncc(C=O)s1)C(=O)N[C@@H](C)C(=O)OC(C)(C)C. The van der Waals surface area contributed by atoms with Crippen LogP contribution in [0.5, 0.6) is 0 Å². The summed E-state index contributed by atoms with van der Waals surface area (Å²) in [7, 11) is 0. The molecule has 0 aliphatic rings. The predicted molar refractivity (Wildman–Crippen MR) is 190 cm³/mol. The molecule has 0 spiro atoms. The summed E-state index contributed by atoms with van der Waals surface area (Å²) in [6, 6.07) is -1.80. The normalized spacial score (nSPS) is 12.8. The number of esters is 1. The van der Waals surface area contributed by atoms with E-state index in [1.807, 2.05) is 0 Å². The van der Waals surface area contributed by atoms with Crippen molar-refractivity contribution in [2.24, 2.45) is 11.8 Å². The molecule has 0 aliphatic carbocycles. The van der Waals surface area contributed by atoms with Crippen molar-refractivity contribution in [1.29, 1.82) is 0 Å². The van der Waals surface area contributed by atoms with Crippen LogP contribution in [0.3, 0.4) is 0 Å². The van der Waals surface area contributed by atoms with Crippen LogP contribution in [-0.4, -0.2) is 93.7 Å². The fourth-order valence-corrected chi connectivity index (χ4v) is 4.68. The topological polar surface area (TPSA) is 240 Å². The lowest BCUT2D eigenvalue weighted by Gasteiger charge is -2.23. The van der Waals surface area contributed by atoms with Crippen LogP contribution in [-0.2, 0) is 33.5 Å². The second-order valence-electron chi connectivity index (χ2n) is 11.7. The van der Waals surface area contributed by atoms with Crippen molar-refractivity contribution >= 4 is 80.8 Å². The monoisotopic (exact) mass is 738 g/mol. The number of rotatable bonds is 18. The van der Waals surface area contributed by atoms with Gasteiger partial charge in [-0.2, -0.15) is 0 Å². The van der Waals surface area contributed by atoms with Crippen molar-refractivity contribution in [2.75, 3.05) is 23.7 Å². The molecule has 0 radical (unpaired) electrons. The van der Waals surface area contributed by atoms with Crippen molar-refractivity contribution in [3.63, 3.8) is 0 Å². The van der Waals surface area contributed by atoms with Crippen molar-refractivity contribution in [3.05, 3.63) is 35.3 Å². The molecule has 50 heavy (non-hydrogen) atoms. The average molecular weight is 739 g/mol. The molecule has 5 N–H and O–H groups in total. The molecule has 2 rings (SSSR count). The number of thiazole rings is 2. The van der Waals surface area contributed by atoms with Gasteiger partial charge in [0.15, 0.2) is 34.4 Å². The highest BCUT2D eigenvalue weighted by Gasteiger charge is 2.26. The largest absolute Gasteiger partial charge is 0.480 e. The summed E-state index contributed by atoms with van der Waals surface area (Å²) >= 11 is 2.27. The van der Waals surface area contributed by atoms with Crippen LogP contribution >= 0.6 is 22.7 Å². The van der Waals surface area contributed by atoms with Crippen LogP contribution in [0, 0.1) is 11.8 Å². The van der Waals surface area contributed by atoms with Crippen molar-refractivity contribution in [2.45, 2.75) is 79.0 Å². The minimum absolute atomic E-state index is 0.00501. The Hall–Kier alpha value is -4.84. The zero-order valence-corrected chi connectivity index (χ0v) is 30.8. The van der Waals surface area contributed by atoms with E-state index in [1.54, 1.807) is 34.6 Å². The van der Waals surface area contributed by atoms with E-state index in [0.29, 0.717) is 32.6 Å². The Morgan fingerprint density at radius 1 is 0.780 bits per heavy atom. The lowest BCUT2D eigenvalue weighted by Crippen LogP contribution is -2.44. The Morgan fingerprint density at radius 3 is 1.48 bits per heavy atom. The number of carbonyl (C=O) groups excluding carboxylic acids is 7. The molecule has 18 heteroatoms. The van der Waals surface area contributed by atoms with E-state index in [2.05, 4.69) is 44.4 Å². The van der Waals surface area contributed by atoms with Gasteiger partial charge in [-0.05, 0) is 34.6 Å². The third-order valence-corrected chi connectivity index (χ3v) is 7.73. The highest BCUT2D eigenvalue weighted by Crippen LogP contribution is 2.17. The molecule has 2 amide bonds. The van der Waals surface area contributed by atoms with Crippen LogP contribution in [0.4, 0.5) is 10.3 Å². The summed E-state index contributed by atoms with van der Waals surface area (Å²) in [5, 5.41) is 20.1. The molecule has 2 heterocycles. The Kier molecular flexibility index (Phi) is 20.5. The van der Waals surface area contributed by atoms with E-state index in [1.165, 1.54) is 26.2 Å². The van der Waals surface area contributed by atoms with Gasteiger partial charge in [0.05, 0.1) is 35.2 Å². The number of anilines is 2. The first-order chi connectivity index (χ1) is 23.3. The van der Waals surface area contributed by atoms with Crippen LogP contribution < -0.4 is 21.3 Å². The van der Waals surface area contributed by atoms with E-state index in [4.69, 9.17) is 9.84 Å². The predicted octanol–water partition coefficient (Wildman–Crippen LogP) is 3.16. The van der Waals surface area contributed by atoms with Crippen molar-refractivity contribution in [1.82, 2.24) is 20.6 Å². The van der Waals surface area contributed by atoms with Gasteiger partial charge in [-0.3, -0.25) is 33.6 Å². The second-order valence-corrected chi connectivity index (χ2v) is 13.8. The molecule has 0 aliphatic heterocycles. The Balaban J connectivity index is 0.000000926. The Morgan fingerprint density at radius 2 is 1.16 bits per heavy atom. The maximum atomic E-state index is 12.1. The van der Waals surface area contributed by atoms with Gasteiger partial charge in [0.25, 0.3) is 0 Å². The van der Waals surface area contributed by atoms with Gasteiger partial charge in [0.2, 0.25) is 11.8 Å². The molecule has 0 saturated carbocycles. The smallest absolute Gasteiger partial charge is 0.328 e. The number of carboxylic acids is 1. The van der Waals surface area contributed by atoms with Crippen molar-refractivity contribution in [3.8, 4) is 0 Å². The van der Waals surface area contributed by atoms with Crippen LogP contribution in [0.2, 0.25) is 0 Å². The van der Waals surface area contributed by atoms with Gasteiger partial charge in [-0.25, -0.2) is 14.8 Å². The number of nitrogens with zero attached hydrogens (tertiary/aromatic N) is 2. The highest BCUT2D eigenvalue weighted by molar-refractivity contribution is 7.17. The molecule has 0 bridgehead atoms. The number of aliphatic carboxylic acids is 1. The standard InChI is InChI=1S/C17H25N3O5S.C13H17N3O5S.C2H4/c1-10(14(23)20-11(2)15(24)25-17(3,4)5)6-12(22)7-18-16-19-8-13(9-21)26-16;1-7(11(19)16-8(2)12(20)21)3-9(18)4-14-13-15-5-10(6-17)22-13;1-2/h8-11H,6-7H2,1-5H3,(H,18,19)(H,20,23);5-8H,3-4H2,1-2H3,(H,14,15)(H,16,19)(H,20,21);1-2H2/t10-,11+;7-,8+;/m11./s1. The number of Topliss-reactive ketones (excluding diaryl/α,β-unsaturated/α-hetero) is 2. The van der Waals surface area contributed by atoms with Crippen LogP contribution in [0.15, 0.2) is 25.6 Å². The molecule has 4 atom stereocenters. The number of nitrogens with one attached hydrogen (secondary N) is 4. The molecule has 16 nitrogen and oxygen atoms in total. The number of aldehydes is 2. The number of hydrogen-bond acceptors (Lipinski definition) is 15. The number of amides is 2. The third-order valence-electron chi connectivity index (χ3n) is 5.96. The maximum Gasteiger partial charge on any atom is 0.328 e. The average Bonchev–Trinajstić information content (AvgIpc) is 3.72. The summed E-state index contributed by atoms with van der Waals surface area (Å²) in [5.41, 5.74) is -0.636. The van der Waals surface area contributed by atoms with E-state index >= 15 is 0 Å². The molecule has 0 saturated heterocycles. The fourth-order valence-electron chi connectivity index (χ4n) is 3.43. The summed E-state index contributed by atoms with van der Waals surface area (Å²) in [6.45, 7) is 17.3. The number of carboxylic acid groups (broad SMARTS) is 1. The van der Waals surface area contributed by atoms with Gasteiger partial charge in [0.1, 0.15) is 17.7 Å². The number of ketones is 2. The fraction of sp³-hybridized carbons (Fsp3) is 0.500. The lowest BCUT2D eigenvalue weighted by molar-refractivity contribution is -0.158. The molecule has 0 aromatic carbocycles. The summed E-state index contributed by atoms with van der Waals surface area (Å²) in [6.07, 6.45) is 4.17. The van der Waals surface area contributed by atoms with E-state index < -0.39 is 53.3 Å². The maximum absolute atomic E-state index is 12.1. The quantitative estimate of drug-likeness (QED) is 0.0839. The zero-order chi connectivity index (χ0) is 38.6. The van der Waals surface area contributed by atoms with Gasteiger partial charge in [0, 0.05) is 24.7 Å². The van der Waals surface area contributed by atoms with Gasteiger partial charge >= 0.3 is 11.9 Å². The minimum atomic E-state index is -1.14. The molecule has 276 valence electrons. The number of carbonyl (C=O) groups is 8. The second kappa shape index (κ2) is 22.7. The summed E-state index contributed by atoms with van der Waals surface area (Å²) in [5.74, 6) is -4.15. The van der Waals surface area contributed by atoms with Gasteiger partial charge < -0.3 is 31.1 Å². The molecule has 2 aromatic heterocycles. The first kappa shape index (κ1) is 45.2. The molecule has 0 fully saturated rings. The number of aromatic nitrogens is 2. The summed E-state index contributed by atoms with van der Waals surface area (Å²) < 4.78 is 5.20. The summed E-state index contributed by atoms with van der Waals surface area (Å²) in [4.78, 5) is 100. The zero-order valence-electron chi connectivity index (χ0n) is 29.2. The number of hydrogen-bond donors (Lipinski definition) is 5. The Bertz CT molecular complexity index is 1470. The molecule has 0 unspecified atom stereocenters. The molecular weight excluding hydrogens is 693 g/mol. The van der Waals surface area contributed by atoms with E-state index in [0.717, 1.165) is 22.7 Å². The first-order valence-corrected chi connectivity index (χ1v) is 16.9. The van der Waals surface area contributed by atoms with E-state index in [9.17, 15) is 38.4 Å². The highest BCUT2D eigenvalue weighted by atomic mass is 32.1. The minimum Gasteiger partial charge on any atom is -0.480 e.